The normalized spacial score (nSPS) is 22.6. The molecule has 1 aromatic heterocycles. The van der Waals surface area contributed by atoms with E-state index in [-0.39, 0.29) is 0 Å². The number of carbonyl (C=O) groups excluding carboxylic acids is 1. The lowest BCUT2D eigenvalue weighted by Crippen LogP contribution is -2.17. The van der Waals surface area contributed by atoms with Crippen LogP contribution in [0.15, 0.2) is 0 Å². The van der Waals surface area contributed by atoms with Gasteiger partial charge in [0.1, 0.15) is 5.78 Å². The van der Waals surface area contributed by atoms with Gasteiger partial charge in [0.2, 0.25) is 0 Å². The van der Waals surface area contributed by atoms with Gasteiger partial charge in [0.15, 0.2) is 5.82 Å². The quantitative estimate of drug-likeness (QED) is 0.688. The molecular formula is C9H14N4O. The fourth-order valence-corrected chi connectivity index (χ4v) is 1.95. The Morgan fingerprint density at radius 2 is 2.43 bits per heavy atom. The summed E-state index contributed by atoms with van der Waals surface area (Å²) in [6.45, 7) is 0. The largest absolute Gasteiger partial charge is 0.300 e. The van der Waals surface area contributed by atoms with Gasteiger partial charge in [-0.1, -0.05) is 0 Å². The SMILES string of the molecule is Cn1nnc(CC2CCCC(=O)C2)n1. The Kier molecular flexibility index (Phi) is 2.56. The van der Waals surface area contributed by atoms with Crippen LogP contribution < -0.4 is 0 Å². The van der Waals surface area contributed by atoms with Crippen LogP contribution in [-0.4, -0.2) is 26.0 Å². The summed E-state index contributed by atoms with van der Waals surface area (Å²) >= 11 is 0. The van der Waals surface area contributed by atoms with Crippen molar-refractivity contribution in [2.45, 2.75) is 32.1 Å². The van der Waals surface area contributed by atoms with Crippen LogP contribution in [0, 0.1) is 5.92 Å². The molecule has 5 nitrogen and oxygen atoms in total. The molecule has 14 heavy (non-hydrogen) atoms. The average Bonchev–Trinajstić information content (AvgIpc) is 2.51. The highest BCUT2D eigenvalue weighted by Crippen LogP contribution is 2.23. The minimum absolute atomic E-state index is 0.380. The minimum atomic E-state index is 0.380. The molecule has 1 fully saturated rings. The summed E-state index contributed by atoms with van der Waals surface area (Å²) in [7, 11) is 1.75. The van der Waals surface area contributed by atoms with Gasteiger partial charge in [-0.25, -0.2) is 0 Å². The maximum Gasteiger partial charge on any atom is 0.175 e. The first-order chi connectivity index (χ1) is 6.74. The number of aromatic nitrogens is 4. The zero-order chi connectivity index (χ0) is 9.97. The molecule has 1 aliphatic rings. The minimum Gasteiger partial charge on any atom is -0.300 e. The first-order valence-electron chi connectivity index (χ1n) is 4.98. The number of hydrogen-bond donors (Lipinski definition) is 0. The smallest absolute Gasteiger partial charge is 0.175 e. The number of aryl methyl sites for hydroxylation is 1. The molecule has 1 heterocycles. The Morgan fingerprint density at radius 1 is 1.57 bits per heavy atom. The van der Waals surface area contributed by atoms with Crippen LogP contribution in [0.2, 0.25) is 0 Å². The third-order valence-corrected chi connectivity index (χ3v) is 2.61. The van der Waals surface area contributed by atoms with Crippen molar-refractivity contribution in [3.05, 3.63) is 5.82 Å². The van der Waals surface area contributed by atoms with E-state index < -0.39 is 0 Å². The summed E-state index contributed by atoms with van der Waals surface area (Å²) in [5, 5.41) is 11.8. The number of Topliss-reactive ketones (excluding diaryl/α,β-unsaturated/α-hetero) is 1. The van der Waals surface area contributed by atoms with E-state index in [2.05, 4.69) is 15.4 Å². The molecule has 5 heteroatoms. The highest BCUT2D eigenvalue weighted by Gasteiger charge is 2.21. The van der Waals surface area contributed by atoms with Crippen LogP contribution in [0.3, 0.4) is 0 Å². The van der Waals surface area contributed by atoms with Gasteiger partial charge in [-0.05, 0) is 24.0 Å². The van der Waals surface area contributed by atoms with Gasteiger partial charge in [0.05, 0.1) is 7.05 Å². The molecule has 0 radical (unpaired) electrons. The zero-order valence-electron chi connectivity index (χ0n) is 8.31. The second-order valence-corrected chi connectivity index (χ2v) is 3.90. The molecule has 1 saturated carbocycles. The molecule has 0 bridgehead atoms. The van der Waals surface area contributed by atoms with Crippen LogP contribution in [-0.2, 0) is 18.3 Å². The Bertz CT molecular complexity index is 333. The van der Waals surface area contributed by atoms with Crippen LogP contribution in [0.1, 0.15) is 31.5 Å². The van der Waals surface area contributed by atoms with Crippen molar-refractivity contribution in [2.75, 3.05) is 0 Å². The third kappa shape index (κ3) is 2.16. The van der Waals surface area contributed by atoms with E-state index in [1.54, 1.807) is 7.05 Å². The number of nitrogens with zero attached hydrogens (tertiary/aromatic N) is 4. The molecule has 1 atom stereocenters. The van der Waals surface area contributed by atoms with E-state index in [0.29, 0.717) is 18.1 Å². The predicted octanol–water partition coefficient (Wildman–Crippen LogP) is 0.512. The maximum absolute atomic E-state index is 11.2. The molecule has 0 spiro atoms. The van der Waals surface area contributed by atoms with E-state index in [0.717, 1.165) is 31.5 Å². The van der Waals surface area contributed by atoms with Gasteiger partial charge in [0, 0.05) is 19.3 Å². The van der Waals surface area contributed by atoms with Gasteiger partial charge >= 0.3 is 0 Å². The lowest BCUT2D eigenvalue weighted by molar-refractivity contribution is -0.121. The summed E-state index contributed by atoms with van der Waals surface area (Å²) in [6, 6.07) is 0. The van der Waals surface area contributed by atoms with Crippen molar-refractivity contribution in [1.82, 2.24) is 20.2 Å². The summed E-state index contributed by atoms with van der Waals surface area (Å²) < 4.78 is 0. The van der Waals surface area contributed by atoms with E-state index in [1.165, 1.54) is 4.80 Å². The van der Waals surface area contributed by atoms with Gasteiger partial charge in [0.25, 0.3) is 0 Å². The maximum atomic E-state index is 11.2. The number of rotatable bonds is 2. The second kappa shape index (κ2) is 3.86. The summed E-state index contributed by atoms with van der Waals surface area (Å²) in [5.74, 6) is 1.57. The summed E-state index contributed by atoms with van der Waals surface area (Å²) in [5.41, 5.74) is 0. The molecule has 1 aromatic rings. The van der Waals surface area contributed by atoms with Crippen molar-refractivity contribution in [2.24, 2.45) is 13.0 Å². The van der Waals surface area contributed by atoms with E-state index in [9.17, 15) is 4.79 Å². The van der Waals surface area contributed by atoms with Gasteiger partial charge in [-0.15, -0.1) is 10.2 Å². The van der Waals surface area contributed by atoms with Gasteiger partial charge in [-0.2, -0.15) is 4.80 Å². The molecule has 0 amide bonds. The number of tetrazole rings is 1. The fraction of sp³-hybridized carbons (Fsp3) is 0.778. The first kappa shape index (κ1) is 9.30. The summed E-state index contributed by atoms with van der Waals surface area (Å²) in [4.78, 5) is 12.7. The first-order valence-corrected chi connectivity index (χ1v) is 4.98. The predicted molar refractivity (Wildman–Crippen MR) is 49.5 cm³/mol. The fourth-order valence-electron chi connectivity index (χ4n) is 1.95. The number of hydrogen-bond acceptors (Lipinski definition) is 4. The van der Waals surface area contributed by atoms with Crippen molar-refractivity contribution in [3.8, 4) is 0 Å². The number of carbonyl (C=O) groups is 1. The van der Waals surface area contributed by atoms with Crippen LogP contribution in [0.5, 0.6) is 0 Å². The van der Waals surface area contributed by atoms with Crippen molar-refractivity contribution in [1.29, 1.82) is 0 Å². The lowest BCUT2D eigenvalue weighted by atomic mass is 9.86. The highest BCUT2D eigenvalue weighted by atomic mass is 16.1. The molecular weight excluding hydrogens is 180 g/mol. The molecule has 0 N–H and O–H groups in total. The third-order valence-electron chi connectivity index (χ3n) is 2.61. The molecule has 1 unspecified atom stereocenters. The molecule has 0 aliphatic heterocycles. The van der Waals surface area contributed by atoms with E-state index in [4.69, 9.17) is 0 Å². The van der Waals surface area contributed by atoms with Crippen molar-refractivity contribution in [3.63, 3.8) is 0 Å². The monoisotopic (exact) mass is 194 g/mol. The highest BCUT2D eigenvalue weighted by molar-refractivity contribution is 5.79. The Labute approximate surface area is 82.5 Å². The van der Waals surface area contributed by atoms with Crippen LogP contribution in [0.4, 0.5) is 0 Å². The molecule has 0 saturated heterocycles. The van der Waals surface area contributed by atoms with Crippen molar-refractivity contribution < 1.29 is 4.79 Å². The van der Waals surface area contributed by atoms with Crippen LogP contribution >= 0.6 is 0 Å². The number of ketones is 1. The molecule has 76 valence electrons. The van der Waals surface area contributed by atoms with Crippen LogP contribution in [0.25, 0.3) is 0 Å². The standard InChI is InChI=1S/C9H14N4O/c1-13-11-9(10-12-13)6-7-3-2-4-8(14)5-7/h7H,2-6H2,1H3. The average molecular weight is 194 g/mol. The van der Waals surface area contributed by atoms with E-state index in [1.807, 2.05) is 0 Å². The molecule has 0 aromatic carbocycles. The molecule has 1 aliphatic carbocycles. The topological polar surface area (TPSA) is 60.7 Å². The van der Waals surface area contributed by atoms with Gasteiger partial charge < -0.3 is 0 Å². The van der Waals surface area contributed by atoms with Gasteiger partial charge in [-0.3, -0.25) is 4.79 Å². The summed E-state index contributed by atoms with van der Waals surface area (Å²) in [6.07, 6.45) is 4.37. The Hall–Kier alpha value is -1.26. The molecule has 2 rings (SSSR count). The lowest BCUT2D eigenvalue weighted by Gasteiger charge is -2.18. The Morgan fingerprint density at radius 3 is 3.07 bits per heavy atom. The Balaban J connectivity index is 1.93. The second-order valence-electron chi connectivity index (χ2n) is 3.90. The zero-order valence-corrected chi connectivity index (χ0v) is 8.31. The van der Waals surface area contributed by atoms with Crippen molar-refractivity contribution >= 4 is 5.78 Å². The van der Waals surface area contributed by atoms with E-state index >= 15 is 0 Å².